The molecule has 0 amide bonds. The van der Waals surface area contributed by atoms with E-state index in [1.165, 1.54) is 25.7 Å². The van der Waals surface area contributed by atoms with Gasteiger partial charge in [0.2, 0.25) is 5.82 Å². The average molecular weight is 465 g/mol. The van der Waals surface area contributed by atoms with Crippen molar-refractivity contribution in [1.82, 2.24) is 29.7 Å². The Morgan fingerprint density at radius 3 is 2.64 bits per heavy atom. The Morgan fingerprint density at radius 2 is 1.94 bits per heavy atom. The zero-order valence-corrected chi connectivity index (χ0v) is 19.2. The Labute approximate surface area is 195 Å². The van der Waals surface area contributed by atoms with Crippen molar-refractivity contribution < 1.29 is 4.42 Å². The van der Waals surface area contributed by atoms with Crippen LogP contribution < -0.4 is 5.76 Å². The van der Waals surface area contributed by atoms with Gasteiger partial charge in [-0.3, -0.25) is 0 Å². The summed E-state index contributed by atoms with van der Waals surface area (Å²) in [6, 6.07) is 7.62. The van der Waals surface area contributed by atoms with Gasteiger partial charge in [0.25, 0.3) is 5.89 Å². The number of rotatable bonds is 5. The number of hydrogen-bond donors (Lipinski definition) is 1. The average Bonchev–Trinajstić information content (AvgIpc) is 3.46. The molecule has 0 atom stereocenters. The van der Waals surface area contributed by atoms with Crippen LogP contribution >= 0.6 is 11.6 Å². The third kappa shape index (κ3) is 3.97. The Kier molecular flexibility index (Phi) is 5.05. The van der Waals surface area contributed by atoms with Gasteiger partial charge in [0.1, 0.15) is 17.0 Å². The predicted octanol–water partition coefficient (Wildman–Crippen LogP) is 5.19. The second-order valence-electron chi connectivity index (χ2n) is 9.48. The second kappa shape index (κ2) is 8.09. The van der Waals surface area contributed by atoms with Crippen LogP contribution in [-0.2, 0) is 6.54 Å². The van der Waals surface area contributed by atoms with Gasteiger partial charge in [-0.1, -0.05) is 43.5 Å². The fourth-order valence-electron chi connectivity index (χ4n) is 4.92. The molecule has 2 fully saturated rings. The molecule has 0 bridgehead atoms. The molecule has 3 heterocycles. The minimum absolute atomic E-state index is 0.0500. The molecule has 0 spiro atoms. The predicted molar refractivity (Wildman–Crippen MR) is 125 cm³/mol. The molecule has 9 heteroatoms. The second-order valence-corrected chi connectivity index (χ2v) is 9.91. The summed E-state index contributed by atoms with van der Waals surface area (Å²) >= 11 is 6.34. The molecule has 0 unspecified atom stereocenters. The van der Waals surface area contributed by atoms with E-state index < -0.39 is 5.76 Å². The first kappa shape index (κ1) is 20.6. The maximum Gasteiger partial charge on any atom is 0.434 e. The Morgan fingerprint density at radius 1 is 1.12 bits per heavy atom. The maximum absolute atomic E-state index is 11.5. The molecule has 2 aliphatic rings. The largest absolute Gasteiger partial charge is 0.434 e. The van der Waals surface area contributed by atoms with Crippen molar-refractivity contribution in [1.29, 1.82) is 0 Å². The van der Waals surface area contributed by atoms with Gasteiger partial charge in [-0.15, -0.1) is 5.10 Å². The number of nitrogens with one attached hydrogen (secondary N) is 1. The van der Waals surface area contributed by atoms with E-state index in [0.29, 0.717) is 22.5 Å². The number of imidazole rings is 1. The highest BCUT2D eigenvalue weighted by molar-refractivity contribution is 6.30. The van der Waals surface area contributed by atoms with Gasteiger partial charge in [-0.05, 0) is 49.7 Å². The van der Waals surface area contributed by atoms with E-state index in [9.17, 15) is 4.79 Å². The van der Waals surface area contributed by atoms with Crippen LogP contribution in [0.3, 0.4) is 0 Å². The van der Waals surface area contributed by atoms with E-state index in [-0.39, 0.29) is 11.7 Å². The number of hydrogen-bond acceptors (Lipinski definition) is 6. The number of aromatic nitrogens is 6. The Balaban J connectivity index is 1.55. The van der Waals surface area contributed by atoms with Gasteiger partial charge < -0.3 is 8.98 Å². The summed E-state index contributed by atoms with van der Waals surface area (Å²) in [7, 11) is 0. The van der Waals surface area contributed by atoms with Crippen LogP contribution in [-0.4, -0.2) is 29.7 Å². The van der Waals surface area contributed by atoms with E-state index >= 15 is 0 Å². The summed E-state index contributed by atoms with van der Waals surface area (Å²) in [6.07, 6.45) is 7.30. The number of fused-ring (bicyclic) bond motifs is 1. The van der Waals surface area contributed by atoms with Crippen LogP contribution in [0.2, 0.25) is 5.02 Å². The highest BCUT2D eigenvalue weighted by atomic mass is 35.5. The summed E-state index contributed by atoms with van der Waals surface area (Å²) in [5, 5.41) is 6.85. The third-order valence-corrected chi connectivity index (χ3v) is 7.11. The number of aromatic amines is 1. The van der Waals surface area contributed by atoms with Gasteiger partial charge >= 0.3 is 5.76 Å². The van der Waals surface area contributed by atoms with Crippen LogP contribution in [0.5, 0.6) is 0 Å². The highest BCUT2D eigenvalue weighted by Gasteiger charge is 2.33. The molecule has 0 radical (unpaired) electrons. The van der Waals surface area contributed by atoms with Crippen LogP contribution in [0.15, 0.2) is 33.5 Å². The van der Waals surface area contributed by atoms with E-state index in [0.717, 1.165) is 47.9 Å². The van der Waals surface area contributed by atoms with E-state index in [1.807, 2.05) is 24.3 Å². The molecule has 170 valence electrons. The fourth-order valence-corrected chi connectivity index (χ4v) is 5.11. The maximum atomic E-state index is 11.5. The third-order valence-electron chi connectivity index (χ3n) is 6.88. The van der Waals surface area contributed by atoms with Crippen molar-refractivity contribution in [3.05, 3.63) is 45.7 Å². The van der Waals surface area contributed by atoms with E-state index in [4.69, 9.17) is 26.0 Å². The standard InChI is InChI=1S/C24H25ClN6O2/c1-13-5-7-14(8-6-13)12-31-19-18(16-3-2-4-17(25)11-16)26-21(23-29-30-24(32)33-23)27-20(19)28-22(31)15-9-10-15/h2-4,11,13-15H,5-10,12H2,1H3,(H,30,32). The van der Waals surface area contributed by atoms with E-state index in [2.05, 4.69) is 26.7 Å². The van der Waals surface area contributed by atoms with Gasteiger partial charge in [0, 0.05) is 23.0 Å². The van der Waals surface area contributed by atoms with Crippen molar-refractivity contribution in [2.75, 3.05) is 0 Å². The molecule has 6 rings (SSSR count). The first-order chi connectivity index (χ1) is 16.0. The summed E-state index contributed by atoms with van der Waals surface area (Å²) in [5.41, 5.74) is 3.12. The number of H-pyrrole nitrogens is 1. The molecule has 0 saturated heterocycles. The first-order valence-electron chi connectivity index (χ1n) is 11.6. The Hall–Kier alpha value is -3.00. The van der Waals surface area contributed by atoms with Crippen LogP contribution in [0.1, 0.15) is 57.2 Å². The zero-order valence-electron chi connectivity index (χ0n) is 18.4. The van der Waals surface area contributed by atoms with Gasteiger partial charge in [-0.25, -0.2) is 24.8 Å². The van der Waals surface area contributed by atoms with Gasteiger partial charge in [0.15, 0.2) is 5.65 Å². The van der Waals surface area contributed by atoms with E-state index in [1.54, 1.807) is 0 Å². The molecular weight excluding hydrogens is 440 g/mol. The lowest BCUT2D eigenvalue weighted by atomic mass is 9.83. The van der Waals surface area contributed by atoms with Crippen LogP contribution in [0, 0.1) is 11.8 Å². The Bertz CT molecular complexity index is 1380. The fraction of sp³-hybridized carbons (Fsp3) is 0.458. The van der Waals surface area contributed by atoms with Gasteiger partial charge in [-0.2, -0.15) is 0 Å². The smallest absolute Gasteiger partial charge is 0.384 e. The quantitative estimate of drug-likeness (QED) is 0.435. The van der Waals surface area contributed by atoms with Crippen molar-refractivity contribution >= 4 is 22.8 Å². The molecule has 3 aromatic heterocycles. The lowest BCUT2D eigenvalue weighted by Gasteiger charge is -2.27. The van der Waals surface area contributed by atoms with Crippen molar-refractivity contribution in [2.24, 2.45) is 11.8 Å². The number of nitrogens with zero attached hydrogens (tertiary/aromatic N) is 5. The summed E-state index contributed by atoms with van der Waals surface area (Å²) in [6.45, 7) is 3.27. The molecule has 4 aromatic rings. The minimum atomic E-state index is -0.645. The lowest BCUT2D eigenvalue weighted by molar-refractivity contribution is 0.265. The molecule has 2 saturated carbocycles. The monoisotopic (exact) mass is 464 g/mol. The molecule has 2 aliphatic carbocycles. The first-order valence-corrected chi connectivity index (χ1v) is 12.0. The number of halogens is 1. The van der Waals surface area contributed by atoms with Crippen LogP contribution in [0.25, 0.3) is 34.1 Å². The highest BCUT2D eigenvalue weighted by Crippen LogP contribution is 2.43. The molecule has 33 heavy (non-hydrogen) atoms. The summed E-state index contributed by atoms with van der Waals surface area (Å²) in [4.78, 5) is 26.0. The molecule has 0 aliphatic heterocycles. The topological polar surface area (TPSA) is 102 Å². The van der Waals surface area contributed by atoms with Crippen molar-refractivity contribution in [2.45, 2.75) is 57.9 Å². The summed E-state index contributed by atoms with van der Waals surface area (Å²) in [5.74, 6) is 2.60. The normalized spacial score (nSPS) is 21.0. The SMILES string of the molecule is CC1CCC(Cn2c(C3CC3)nc3nc(-c4n[nH]c(=O)o4)nc(-c4cccc(Cl)c4)c32)CC1. The van der Waals surface area contributed by atoms with Crippen molar-refractivity contribution in [3.63, 3.8) is 0 Å². The van der Waals surface area contributed by atoms with Crippen LogP contribution in [0.4, 0.5) is 0 Å². The number of benzene rings is 1. The minimum Gasteiger partial charge on any atom is -0.384 e. The zero-order chi connectivity index (χ0) is 22.5. The molecular formula is C24H25ClN6O2. The molecule has 1 aromatic carbocycles. The molecule has 8 nitrogen and oxygen atoms in total. The van der Waals surface area contributed by atoms with Gasteiger partial charge in [0.05, 0.1) is 0 Å². The van der Waals surface area contributed by atoms with Crippen molar-refractivity contribution in [3.8, 4) is 23.0 Å². The summed E-state index contributed by atoms with van der Waals surface area (Å²) < 4.78 is 7.51. The lowest BCUT2D eigenvalue weighted by Crippen LogP contribution is -2.19. The molecule has 1 N–H and O–H groups in total.